The molecule has 1 fully saturated rings. The van der Waals surface area contributed by atoms with Gasteiger partial charge in [-0.2, -0.15) is 0 Å². The summed E-state index contributed by atoms with van der Waals surface area (Å²) in [5.41, 5.74) is -2.54. The topological polar surface area (TPSA) is 31.4 Å². The summed E-state index contributed by atoms with van der Waals surface area (Å²) in [7, 11) is -1.33. The molecule has 2 heterocycles. The first-order valence-electron chi connectivity index (χ1n) is 11.8. The first-order valence-corrected chi connectivity index (χ1v) is 6.59. The van der Waals surface area contributed by atoms with Crippen molar-refractivity contribution in [1.29, 1.82) is 0 Å². The first-order chi connectivity index (χ1) is 13.4. The highest BCUT2D eigenvalue weighted by Gasteiger charge is 2.53. The Labute approximate surface area is 137 Å². The van der Waals surface area contributed by atoms with E-state index in [1.807, 2.05) is 0 Å². The van der Waals surface area contributed by atoms with Crippen LogP contribution in [0, 0.1) is 0 Å². The van der Waals surface area contributed by atoms with Gasteiger partial charge in [-0.3, -0.25) is 0 Å². The fourth-order valence-electron chi connectivity index (χ4n) is 1.64. The highest BCUT2D eigenvalue weighted by molar-refractivity contribution is 7.22. The lowest BCUT2D eigenvalue weighted by molar-refractivity contribution is 0.00578. The molecule has 1 aliphatic rings. The quantitative estimate of drug-likeness (QED) is 0.802. The Balaban J connectivity index is 2.82. The summed E-state index contributed by atoms with van der Waals surface area (Å²) in [4.78, 5) is 3.81. The molecule has 0 atom stereocenters. The summed E-state index contributed by atoms with van der Waals surface area (Å²) in [5.74, 6) is -3.22. The largest absolute Gasteiger partial charge is 0.507 e. The third-order valence-electron chi connectivity index (χ3n) is 3.45. The number of hydrogen-bond acceptors (Lipinski definition) is 4. The van der Waals surface area contributed by atoms with Crippen molar-refractivity contribution in [2.75, 3.05) is 0 Å². The Morgan fingerprint density at radius 1 is 1.37 bits per heavy atom. The number of aromatic nitrogens is 1. The third-order valence-corrected chi connectivity index (χ3v) is 4.55. The zero-order valence-corrected chi connectivity index (χ0v) is 12.1. The van der Waals surface area contributed by atoms with E-state index in [0.717, 1.165) is 0 Å². The molecule has 0 N–H and O–H groups in total. The highest BCUT2D eigenvalue weighted by Crippen LogP contribution is 2.37. The van der Waals surface area contributed by atoms with E-state index >= 15 is 0 Å². The highest BCUT2D eigenvalue weighted by atomic mass is 32.1. The maximum absolute atomic E-state index is 8.34. The van der Waals surface area contributed by atoms with Crippen molar-refractivity contribution in [3.63, 3.8) is 0 Å². The molecule has 1 aromatic heterocycles. The molecule has 5 heteroatoms. The average molecular weight is 293 g/mol. The van der Waals surface area contributed by atoms with Crippen LogP contribution in [0.4, 0.5) is 0 Å². The van der Waals surface area contributed by atoms with E-state index in [2.05, 4.69) is 4.98 Å². The molecule has 0 bridgehead atoms. The van der Waals surface area contributed by atoms with Crippen LogP contribution >= 0.6 is 11.3 Å². The van der Waals surface area contributed by atoms with E-state index in [-0.39, 0.29) is 4.78 Å². The summed E-state index contributed by atoms with van der Waals surface area (Å²) in [6.07, 6.45) is -3.09. The van der Waals surface area contributed by atoms with Gasteiger partial charge in [-0.25, -0.2) is 4.98 Å². The van der Waals surface area contributed by atoms with Crippen molar-refractivity contribution < 1.29 is 25.8 Å². The van der Waals surface area contributed by atoms with Crippen LogP contribution in [0.3, 0.4) is 0 Å². The van der Waals surface area contributed by atoms with Crippen LogP contribution < -0.4 is 4.78 Å². The van der Waals surface area contributed by atoms with Gasteiger partial charge in [-0.15, -0.1) is 11.3 Å². The standard InChI is InChI=1S/C14H24BNO2S/c1-8-10-11(19-12(16-10)9(2)3)15-17-13(4,5)14(6,7)18-15/h9H,8H2,1-7H3/i1D3,2D3,3D3,8D2,9D. The molecule has 0 unspecified atom stereocenters. The van der Waals surface area contributed by atoms with Crippen LogP contribution in [0.5, 0.6) is 0 Å². The second-order valence-corrected chi connectivity index (χ2v) is 6.35. The number of aryl methyl sites for hydroxylation is 1. The predicted octanol–water partition coefficient (Wildman–Crippen LogP) is 3.13. The molecule has 1 saturated heterocycles. The predicted molar refractivity (Wildman–Crippen MR) is 81.3 cm³/mol. The van der Waals surface area contributed by atoms with Crippen LogP contribution in [0.2, 0.25) is 0 Å². The lowest BCUT2D eigenvalue weighted by Gasteiger charge is -2.32. The molecule has 0 radical (unpaired) electrons. The molecule has 3 nitrogen and oxygen atoms in total. The van der Waals surface area contributed by atoms with Gasteiger partial charge in [0.05, 0.1) is 26.7 Å². The monoisotopic (exact) mass is 293 g/mol. The Hall–Kier alpha value is -0.385. The van der Waals surface area contributed by atoms with Gasteiger partial charge in [0.25, 0.3) is 0 Å². The van der Waals surface area contributed by atoms with Crippen LogP contribution in [0.15, 0.2) is 0 Å². The van der Waals surface area contributed by atoms with Crippen molar-refractivity contribution >= 4 is 23.2 Å². The van der Waals surface area contributed by atoms with Crippen molar-refractivity contribution in [3.05, 3.63) is 10.7 Å². The van der Waals surface area contributed by atoms with Gasteiger partial charge < -0.3 is 9.31 Å². The van der Waals surface area contributed by atoms with Gasteiger partial charge in [0.15, 0.2) is 0 Å². The molecular formula is C14H24BNO2S. The minimum absolute atomic E-state index is 0.222. The lowest BCUT2D eigenvalue weighted by Crippen LogP contribution is -2.41. The van der Waals surface area contributed by atoms with E-state index in [0.29, 0.717) is 11.3 Å². The molecule has 1 aromatic rings. The smallest absolute Gasteiger partial charge is 0.399 e. The molecule has 106 valence electrons. The number of nitrogens with zero attached hydrogens (tertiary/aromatic N) is 1. The van der Waals surface area contributed by atoms with E-state index < -0.39 is 61.8 Å². The molecule has 0 aliphatic carbocycles. The summed E-state index contributed by atoms with van der Waals surface area (Å²) in [6, 6.07) is 0. The molecule has 0 saturated carbocycles. The summed E-state index contributed by atoms with van der Waals surface area (Å²) >= 11 is 0.403. The Kier molecular flexibility index (Phi) is 1.48. The second-order valence-electron chi connectivity index (χ2n) is 5.32. The second kappa shape index (κ2) is 4.87. The number of thiazole rings is 1. The lowest BCUT2D eigenvalue weighted by atomic mass is 9.86. The Morgan fingerprint density at radius 2 is 2.00 bits per heavy atom. The van der Waals surface area contributed by atoms with E-state index in [1.165, 1.54) is 0 Å². The number of rotatable bonds is 3. The molecule has 0 spiro atoms. The van der Waals surface area contributed by atoms with Crippen molar-refractivity contribution in [2.45, 2.75) is 71.7 Å². The summed E-state index contributed by atoms with van der Waals surface area (Å²) < 4.78 is 105. The van der Waals surface area contributed by atoms with E-state index in [9.17, 15) is 0 Å². The van der Waals surface area contributed by atoms with Gasteiger partial charge in [-0.05, 0) is 34.1 Å². The summed E-state index contributed by atoms with van der Waals surface area (Å²) in [5, 5.41) is -0.764. The fourth-order valence-corrected chi connectivity index (χ4v) is 2.47. The minimum Gasteiger partial charge on any atom is -0.399 e. The van der Waals surface area contributed by atoms with Crippen LogP contribution in [0.1, 0.15) is 81.3 Å². The Bertz CT molecular complexity index is 812. The Morgan fingerprint density at radius 3 is 2.53 bits per heavy atom. The van der Waals surface area contributed by atoms with E-state index in [1.54, 1.807) is 27.7 Å². The van der Waals surface area contributed by atoms with Crippen molar-refractivity contribution in [3.8, 4) is 0 Å². The third kappa shape index (κ3) is 2.60. The number of hydrogen-bond donors (Lipinski definition) is 0. The maximum Gasteiger partial charge on any atom is 0.507 e. The molecule has 2 rings (SSSR count). The first kappa shape index (κ1) is 5.78. The van der Waals surface area contributed by atoms with Crippen molar-refractivity contribution in [1.82, 2.24) is 4.98 Å². The van der Waals surface area contributed by atoms with Crippen LogP contribution in [-0.4, -0.2) is 23.3 Å². The van der Waals surface area contributed by atoms with E-state index in [4.69, 9.17) is 25.8 Å². The fraction of sp³-hybridized carbons (Fsp3) is 0.786. The van der Waals surface area contributed by atoms with Crippen LogP contribution in [0.25, 0.3) is 0 Å². The zero-order chi connectivity index (χ0) is 24.6. The van der Waals surface area contributed by atoms with Gasteiger partial charge in [-0.1, -0.05) is 20.6 Å². The molecule has 1 aliphatic heterocycles. The van der Waals surface area contributed by atoms with Crippen LogP contribution in [-0.2, 0) is 15.7 Å². The SMILES string of the molecule is [2H]C([2H])([2H])C([2H])([2H])c1nc(C([2H])(C([2H])([2H])[2H])C([2H])([2H])[2H])sc1B1OC(C)(C)C(C)(C)O1. The normalized spacial score (nSPS) is 34.0. The average Bonchev–Trinajstić information content (AvgIpc) is 3.03. The molecule has 19 heavy (non-hydrogen) atoms. The van der Waals surface area contributed by atoms with Crippen molar-refractivity contribution in [2.24, 2.45) is 0 Å². The van der Waals surface area contributed by atoms with Gasteiger partial charge >= 0.3 is 7.12 Å². The van der Waals surface area contributed by atoms with Gasteiger partial charge in [0.1, 0.15) is 0 Å². The van der Waals surface area contributed by atoms with Gasteiger partial charge in [0.2, 0.25) is 0 Å². The maximum atomic E-state index is 8.34. The van der Waals surface area contributed by atoms with Gasteiger partial charge in [0, 0.05) is 22.3 Å². The molecular weight excluding hydrogens is 257 g/mol. The zero-order valence-electron chi connectivity index (χ0n) is 23.2. The minimum atomic E-state index is -3.37. The molecule has 0 amide bonds. The summed E-state index contributed by atoms with van der Waals surface area (Å²) in [6.45, 7) is -3.15. The molecule has 0 aromatic carbocycles.